The third-order valence-electron chi connectivity index (χ3n) is 6.78. The molecule has 4 atom stereocenters. The molecule has 0 saturated heterocycles. The van der Waals surface area contributed by atoms with Crippen molar-refractivity contribution in [3.05, 3.63) is 35.6 Å². The van der Waals surface area contributed by atoms with Gasteiger partial charge in [-0.15, -0.1) is 0 Å². The fourth-order valence-electron chi connectivity index (χ4n) is 3.96. The van der Waals surface area contributed by atoms with Gasteiger partial charge in [0.2, 0.25) is 0 Å². The van der Waals surface area contributed by atoms with E-state index >= 15 is 0 Å². The topological polar surface area (TPSA) is 105 Å². The highest BCUT2D eigenvalue weighted by Crippen LogP contribution is 2.48. The lowest BCUT2D eigenvalue weighted by molar-refractivity contribution is -0.143. The molecule has 8 nitrogen and oxygen atoms in total. The molecule has 0 heterocycles. The van der Waals surface area contributed by atoms with Gasteiger partial charge in [-0.1, -0.05) is 26.8 Å². The Hall–Kier alpha value is -2.52. The fraction of sp³-hybridized carbons (Fsp3) is 0.583. The van der Waals surface area contributed by atoms with E-state index in [-0.39, 0.29) is 28.8 Å². The number of Topliss-reactive ketones (excluding diaryl/α,β-unsaturated/α-hetero) is 1. The van der Waals surface area contributed by atoms with E-state index in [1.807, 2.05) is 0 Å². The predicted octanol–water partition coefficient (Wildman–Crippen LogP) is 3.14. The summed E-state index contributed by atoms with van der Waals surface area (Å²) in [6.45, 7) is 10.4. The number of hydrogen-bond acceptors (Lipinski definition) is 8. The van der Waals surface area contributed by atoms with Crippen LogP contribution in [0.2, 0.25) is 18.1 Å². The largest absolute Gasteiger partial charge is 0.500 e. The molecule has 0 aromatic rings. The predicted molar refractivity (Wildman–Crippen MR) is 124 cm³/mol. The molecule has 2 bridgehead atoms. The van der Waals surface area contributed by atoms with Gasteiger partial charge in [0.15, 0.2) is 19.9 Å². The normalized spacial score (nSPS) is 26.2. The maximum atomic E-state index is 13.3. The maximum Gasteiger partial charge on any atom is 0.330 e. The van der Waals surface area contributed by atoms with Gasteiger partial charge < -0.3 is 18.6 Å². The number of methoxy groups -OCH3 is 3. The van der Waals surface area contributed by atoms with Crippen molar-refractivity contribution in [3.63, 3.8) is 0 Å². The number of ketones is 2. The van der Waals surface area contributed by atoms with Crippen LogP contribution in [0.15, 0.2) is 35.6 Å². The van der Waals surface area contributed by atoms with Crippen LogP contribution >= 0.6 is 0 Å². The van der Waals surface area contributed by atoms with Crippen LogP contribution < -0.4 is 0 Å². The summed E-state index contributed by atoms with van der Waals surface area (Å²) in [6, 6.07) is 0. The molecule has 0 aromatic carbocycles. The van der Waals surface area contributed by atoms with E-state index in [1.54, 1.807) is 0 Å². The molecule has 0 aliphatic heterocycles. The van der Waals surface area contributed by atoms with Crippen molar-refractivity contribution < 1.29 is 37.8 Å². The summed E-state index contributed by atoms with van der Waals surface area (Å²) >= 11 is 0. The zero-order chi connectivity index (χ0) is 25.1. The Kier molecular flexibility index (Phi) is 8.24. The standard InChI is InChI=1S/C24H34O8Si/c1-24(2,3)33(7,8)32-18-12-15-16(25)13-17(29-4)22(23(15)28)21(18)14(11-20(27)31-6)9-10-19(26)30-5/h9-11,13,15,18,21-22H,12H2,1-8H3/b10-9-,14-11+/t15-,18-,21+,22-/m0/s1. The minimum atomic E-state index is -2.35. The van der Waals surface area contributed by atoms with E-state index < -0.39 is 44.1 Å². The van der Waals surface area contributed by atoms with Crippen molar-refractivity contribution in [3.8, 4) is 0 Å². The highest BCUT2D eigenvalue weighted by Gasteiger charge is 2.54. The molecule has 0 amide bonds. The number of hydrogen-bond donors (Lipinski definition) is 0. The minimum absolute atomic E-state index is 0.133. The zero-order valence-electron chi connectivity index (χ0n) is 20.6. The second-order valence-electron chi connectivity index (χ2n) is 9.79. The summed E-state index contributed by atoms with van der Waals surface area (Å²) in [4.78, 5) is 50.0. The van der Waals surface area contributed by atoms with Crippen molar-refractivity contribution in [1.82, 2.24) is 0 Å². The molecule has 9 heteroatoms. The Morgan fingerprint density at radius 1 is 1.03 bits per heavy atom. The van der Waals surface area contributed by atoms with Crippen molar-refractivity contribution in [2.75, 3.05) is 21.3 Å². The Bertz CT molecular complexity index is 906. The summed E-state index contributed by atoms with van der Waals surface area (Å²) in [5.74, 6) is -3.95. The highest BCUT2D eigenvalue weighted by molar-refractivity contribution is 6.74. The number of carbonyl (C=O) groups excluding carboxylic acids is 4. The van der Waals surface area contributed by atoms with Crippen LogP contribution in [0.5, 0.6) is 0 Å². The van der Waals surface area contributed by atoms with Crippen molar-refractivity contribution in [1.29, 1.82) is 0 Å². The Labute approximate surface area is 196 Å². The molecule has 2 aliphatic rings. The molecule has 0 spiro atoms. The van der Waals surface area contributed by atoms with E-state index in [0.717, 1.165) is 0 Å². The van der Waals surface area contributed by atoms with Gasteiger partial charge in [-0.05, 0) is 30.1 Å². The van der Waals surface area contributed by atoms with Gasteiger partial charge >= 0.3 is 11.9 Å². The van der Waals surface area contributed by atoms with Gasteiger partial charge in [0.25, 0.3) is 0 Å². The van der Waals surface area contributed by atoms with Crippen LogP contribution in [0, 0.1) is 17.8 Å². The Balaban J connectivity index is 2.70. The minimum Gasteiger partial charge on any atom is -0.500 e. The van der Waals surface area contributed by atoms with Gasteiger partial charge in [0.05, 0.1) is 39.3 Å². The lowest BCUT2D eigenvalue weighted by atomic mass is 9.64. The van der Waals surface area contributed by atoms with Crippen molar-refractivity contribution in [2.24, 2.45) is 17.8 Å². The summed E-state index contributed by atoms with van der Waals surface area (Å²) in [6.07, 6.45) is 4.84. The van der Waals surface area contributed by atoms with E-state index in [2.05, 4.69) is 38.6 Å². The lowest BCUT2D eigenvalue weighted by Crippen LogP contribution is -2.55. The average Bonchev–Trinajstić information content (AvgIpc) is 2.73. The molecule has 1 fully saturated rings. The number of carbonyl (C=O) groups is 4. The van der Waals surface area contributed by atoms with E-state index in [9.17, 15) is 19.2 Å². The molecular weight excluding hydrogens is 444 g/mol. The summed E-state index contributed by atoms with van der Waals surface area (Å²) in [5, 5.41) is -0.133. The van der Waals surface area contributed by atoms with Gasteiger partial charge in [0.1, 0.15) is 5.76 Å². The van der Waals surface area contributed by atoms with Crippen LogP contribution in [0.1, 0.15) is 27.2 Å². The molecule has 2 rings (SSSR count). The number of allylic oxidation sites excluding steroid dienone is 3. The lowest BCUT2D eigenvalue weighted by Gasteiger charge is -2.48. The number of rotatable bonds is 7. The van der Waals surface area contributed by atoms with E-state index in [4.69, 9.17) is 13.9 Å². The molecule has 0 unspecified atom stereocenters. The fourth-order valence-corrected chi connectivity index (χ4v) is 5.31. The van der Waals surface area contributed by atoms with Crippen LogP contribution in [0.3, 0.4) is 0 Å². The quantitative estimate of drug-likeness (QED) is 0.181. The van der Waals surface area contributed by atoms with Crippen molar-refractivity contribution in [2.45, 2.75) is 51.4 Å². The molecule has 0 radical (unpaired) electrons. The monoisotopic (exact) mass is 478 g/mol. The van der Waals surface area contributed by atoms with Gasteiger partial charge in [-0.3, -0.25) is 9.59 Å². The van der Waals surface area contributed by atoms with Crippen LogP contribution in [-0.2, 0) is 37.8 Å². The van der Waals surface area contributed by atoms with Crippen LogP contribution in [0.25, 0.3) is 0 Å². The highest BCUT2D eigenvalue weighted by atomic mass is 28.4. The molecule has 0 aromatic heterocycles. The Morgan fingerprint density at radius 3 is 2.15 bits per heavy atom. The second-order valence-corrected chi connectivity index (χ2v) is 14.5. The van der Waals surface area contributed by atoms with E-state index in [1.165, 1.54) is 45.6 Å². The first-order valence-electron chi connectivity index (χ1n) is 10.8. The summed E-state index contributed by atoms with van der Waals surface area (Å²) < 4.78 is 21.7. The first-order chi connectivity index (χ1) is 15.3. The molecular formula is C24H34O8Si. The SMILES string of the molecule is COC(=O)/C=C\C(=C/C(=O)OC)[C@H]1[C@H]2C(=O)[C@@H](C[C@@H]1O[Si](C)(C)C(C)(C)C)C(=O)C=C2OC. The Morgan fingerprint density at radius 2 is 1.64 bits per heavy atom. The number of fused-ring (bicyclic) bond motifs is 2. The summed E-state index contributed by atoms with van der Waals surface area (Å²) in [7, 11) is 1.54. The number of ether oxygens (including phenoxy) is 3. The van der Waals surface area contributed by atoms with E-state index in [0.29, 0.717) is 5.57 Å². The third-order valence-corrected chi connectivity index (χ3v) is 11.3. The average molecular weight is 479 g/mol. The molecule has 182 valence electrons. The zero-order valence-corrected chi connectivity index (χ0v) is 21.6. The maximum absolute atomic E-state index is 13.3. The molecule has 2 aliphatic carbocycles. The first kappa shape index (κ1) is 26.7. The number of esters is 2. The smallest absolute Gasteiger partial charge is 0.330 e. The van der Waals surface area contributed by atoms with Crippen LogP contribution in [0.4, 0.5) is 0 Å². The molecule has 1 saturated carbocycles. The van der Waals surface area contributed by atoms with Gasteiger partial charge in [-0.2, -0.15) is 0 Å². The van der Waals surface area contributed by atoms with Gasteiger partial charge in [-0.25, -0.2) is 9.59 Å². The van der Waals surface area contributed by atoms with Crippen molar-refractivity contribution >= 4 is 31.8 Å². The molecule has 33 heavy (non-hydrogen) atoms. The second kappa shape index (κ2) is 10.2. The first-order valence-corrected chi connectivity index (χ1v) is 13.7. The van der Waals surface area contributed by atoms with Gasteiger partial charge in [0, 0.05) is 24.1 Å². The van der Waals surface area contributed by atoms with Crippen LogP contribution in [-0.4, -0.2) is 59.3 Å². The summed E-state index contributed by atoms with van der Waals surface area (Å²) in [5.41, 5.74) is 0.366. The molecule has 0 N–H and O–H groups in total. The third kappa shape index (κ3) is 5.70.